The SMILES string of the molecule is O=C(O)Cn1nc(CC2=Nc3cc(OCC(F)F)c(F)cc3C2)c2c(c1=O)CCCC2. The third-order valence-electron chi connectivity index (χ3n) is 5.38. The van der Waals surface area contributed by atoms with Crippen molar-refractivity contribution in [1.29, 1.82) is 0 Å². The van der Waals surface area contributed by atoms with Crippen molar-refractivity contribution < 1.29 is 27.8 Å². The Balaban J connectivity index is 1.63. The maximum Gasteiger partial charge on any atom is 0.325 e. The molecule has 10 heteroatoms. The fourth-order valence-electron chi connectivity index (χ4n) is 4.06. The van der Waals surface area contributed by atoms with Crippen LogP contribution in [-0.4, -0.2) is 39.6 Å². The van der Waals surface area contributed by atoms with Crippen LogP contribution in [0.1, 0.15) is 35.2 Å². The molecule has 4 rings (SSSR count). The summed E-state index contributed by atoms with van der Waals surface area (Å²) in [6, 6.07) is 2.52. The Labute approximate surface area is 175 Å². The number of aromatic nitrogens is 2. The fraction of sp³-hybridized carbons (Fsp3) is 0.429. The van der Waals surface area contributed by atoms with Gasteiger partial charge in [-0.15, -0.1) is 0 Å². The number of carbonyl (C=O) groups is 1. The number of fused-ring (bicyclic) bond motifs is 2. The van der Waals surface area contributed by atoms with Gasteiger partial charge in [-0.25, -0.2) is 17.9 Å². The Morgan fingerprint density at radius 3 is 2.68 bits per heavy atom. The minimum absolute atomic E-state index is 0.283. The van der Waals surface area contributed by atoms with Crippen LogP contribution >= 0.6 is 0 Å². The normalized spacial score (nSPS) is 14.9. The zero-order valence-electron chi connectivity index (χ0n) is 16.5. The number of nitrogens with zero attached hydrogens (tertiary/aromatic N) is 3. The topological polar surface area (TPSA) is 93.8 Å². The summed E-state index contributed by atoms with van der Waals surface area (Å²) in [6.45, 7) is -1.44. The van der Waals surface area contributed by atoms with E-state index in [1.807, 2.05) is 0 Å². The van der Waals surface area contributed by atoms with Crippen LogP contribution in [0.5, 0.6) is 5.75 Å². The number of aliphatic carboxylic acids is 1. The van der Waals surface area contributed by atoms with E-state index in [1.165, 1.54) is 12.1 Å². The minimum Gasteiger partial charge on any atom is -0.484 e. The summed E-state index contributed by atoms with van der Waals surface area (Å²) in [5.74, 6) is -2.18. The lowest BCUT2D eigenvalue weighted by Crippen LogP contribution is -2.34. The van der Waals surface area contributed by atoms with Gasteiger partial charge >= 0.3 is 5.97 Å². The predicted molar refractivity (Wildman–Crippen MR) is 105 cm³/mol. The third kappa shape index (κ3) is 4.47. The third-order valence-corrected chi connectivity index (χ3v) is 5.38. The first-order valence-corrected chi connectivity index (χ1v) is 9.95. The van der Waals surface area contributed by atoms with Crippen LogP contribution in [0, 0.1) is 5.82 Å². The molecule has 0 atom stereocenters. The van der Waals surface area contributed by atoms with Gasteiger partial charge in [0.1, 0.15) is 13.2 Å². The maximum atomic E-state index is 14.2. The van der Waals surface area contributed by atoms with E-state index in [9.17, 15) is 22.8 Å². The van der Waals surface area contributed by atoms with Crippen molar-refractivity contribution in [1.82, 2.24) is 9.78 Å². The Morgan fingerprint density at radius 2 is 1.97 bits per heavy atom. The van der Waals surface area contributed by atoms with Gasteiger partial charge in [0, 0.05) is 30.2 Å². The van der Waals surface area contributed by atoms with E-state index < -0.39 is 31.4 Å². The number of rotatable bonds is 7. The smallest absolute Gasteiger partial charge is 0.325 e. The lowest BCUT2D eigenvalue weighted by atomic mass is 9.90. The molecular weight excluding hydrogens is 415 g/mol. The van der Waals surface area contributed by atoms with Crippen molar-refractivity contribution in [3.05, 3.63) is 50.7 Å². The van der Waals surface area contributed by atoms with Crippen LogP contribution in [0.2, 0.25) is 0 Å². The van der Waals surface area contributed by atoms with Crippen LogP contribution in [-0.2, 0) is 37.0 Å². The van der Waals surface area contributed by atoms with Gasteiger partial charge in [0.25, 0.3) is 12.0 Å². The van der Waals surface area contributed by atoms with E-state index in [0.29, 0.717) is 47.5 Å². The van der Waals surface area contributed by atoms with Crippen molar-refractivity contribution in [3.63, 3.8) is 0 Å². The second-order valence-corrected chi connectivity index (χ2v) is 7.61. The number of benzene rings is 1. The van der Waals surface area contributed by atoms with Crippen molar-refractivity contribution in [2.24, 2.45) is 4.99 Å². The molecule has 0 fully saturated rings. The summed E-state index contributed by atoms with van der Waals surface area (Å²) in [5, 5.41) is 13.4. The van der Waals surface area contributed by atoms with E-state index in [-0.39, 0.29) is 17.7 Å². The Bertz CT molecular complexity index is 1130. The van der Waals surface area contributed by atoms with Gasteiger partial charge < -0.3 is 9.84 Å². The molecule has 1 aromatic carbocycles. The van der Waals surface area contributed by atoms with Crippen LogP contribution in [0.15, 0.2) is 21.9 Å². The van der Waals surface area contributed by atoms with Crippen molar-refractivity contribution >= 4 is 17.4 Å². The zero-order chi connectivity index (χ0) is 22.1. The summed E-state index contributed by atoms with van der Waals surface area (Å²) in [4.78, 5) is 28.2. The zero-order valence-corrected chi connectivity index (χ0v) is 16.5. The van der Waals surface area contributed by atoms with Crippen molar-refractivity contribution in [2.75, 3.05) is 6.61 Å². The summed E-state index contributed by atoms with van der Waals surface area (Å²) >= 11 is 0. The van der Waals surface area contributed by atoms with E-state index in [4.69, 9.17) is 9.84 Å². The monoisotopic (exact) mass is 435 g/mol. The second kappa shape index (κ2) is 8.52. The molecule has 0 saturated heterocycles. The summed E-state index contributed by atoms with van der Waals surface area (Å²) < 4.78 is 44.7. The molecule has 1 N–H and O–H groups in total. The first-order valence-electron chi connectivity index (χ1n) is 9.95. The molecule has 2 heterocycles. The standard InChI is InChI=1S/C21H20F3N3O4/c22-15-6-11-5-12(25-16(11)8-18(15)31-10-19(23)24)7-17-13-3-1-2-4-14(13)21(30)27(26-17)9-20(28)29/h6,8,19H,1-5,7,9-10H2,(H,28,29). The summed E-state index contributed by atoms with van der Waals surface area (Å²) in [7, 11) is 0. The molecule has 0 unspecified atom stereocenters. The highest BCUT2D eigenvalue weighted by molar-refractivity contribution is 5.95. The number of alkyl halides is 2. The molecule has 7 nitrogen and oxygen atoms in total. The minimum atomic E-state index is -2.72. The molecule has 1 aromatic heterocycles. The lowest BCUT2D eigenvalue weighted by Gasteiger charge is -2.19. The molecule has 31 heavy (non-hydrogen) atoms. The van der Waals surface area contributed by atoms with E-state index in [1.54, 1.807) is 0 Å². The average Bonchev–Trinajstić information content (AvgIpc) is 3.10. The van der Waals surface area contributed by atoms with Gasteiger partial charge in [0.05, 0.1) is 11.4 Å². The number of ether oxygens (including phenoxy) is 1. The molecule has 1 aliphatic carbocycles. The van der Waals surface area contributed by atoms with Gasteiger partial charge in [-0.1, -0.05) is 0 Å². The number of halogens is 3. The first kappa shape index (κ1) is 21.1. The molecule has 0 saturated carbocycles. The maximum absolute atomic E-state index is 14.2. The quantitative estimate of drug-likeness (QED) is 0.722. The number of carboxylic acids is 1. The van der Waals surface area contributed by atoms with E-state index in [0.717, 1.165) is 23.1 Å². The van der Waals surface area contributed by atoms with E-state index >= 15 is 0 Å². The summed E-state index contributed by atoms with van der Waals surface area (Å²) in [5.41, 5.74) is 3.36. The molecule has 0 amide bonds. The van der Waals surface area contributed by atoms with E-state index in [2.05, 4.69) is 10.1 Å². The lowest BCUT2D eigenvalue weighted by molar-refractivity contribution is -0.138. The molecule has 2 aromatic rings. The highest BCUT2D eigenvalue weighted by atomic mass is 19.3. The first-order chi connectivity index (χ1) is 14.8. The highest BCUT2D eigenvalue weighted by Crippen LogP contribution is 2.34. The Hall–Kier alpha value is -3.17. The van der Waals surface area contributed by atoms with Crippen LogP contribution in [0.3, 0.4) is 0 Å². The number of hydrogen-bond acceptors (Lipinski definition) is 5. The molecule has 1 aliphatic heterocycles. The average molecular weight is 435 g/mol. The van der Waals surface area contributed by atoms with Gasteiger partial charge in [-0.2, -0.15) is 5.10 Å². The highest BCUT2D eigenvalue weighted by Gasteiger charge is 2.25. The molecular formula is C21H20F3N3O4. The van der Waals surface area contributed by atoms with Crippen LogP contribution in [0.25, 0.3) is 0 Å². The van der Waals surface area contributed by atoms with Gasteiger partial charge in [-0.3, -0.25) is 14.6 Å². The number of hydrogen-bond donors (Lipinski definition) is 1. The van der Waals surface area contributed by atoms with Gasteiger partial charge in [0.15, 0.2) is 11.6 Å². The van der Waals surface area contributed by atoms with Gasteiger partial charge in [-0.05, 0) is 42.9 Å². The number of carboxylic acid groups (broad SMARTS) is 1. The Morgan fingerprint density at radius 1 is 1.23 bits per heavy atom. The second-order valence-electron chi connectivity index (χ2n) is 7.61. The largest absolute Gasteiger partial charge is 0.484 e. The molecule has 164 valence electrons. The summed E-state index contributed by atoms with van der Waals surface area (Å²) in [6.07, 6.45) is 0.929. The van der Waals surface area contributed by atoms with Crippen molar-refractivity contribution in [3.8, 4) is 5.75 Å². The van der Waals surface area contributed by atoms with Gasteiger partial charge in [0.2, 0.25) is 0 Å². The van der Waals surface area contributed by atoms with Crippen LogP contribution in [0.4, 0.5) is 18.9 Å². The molecule has 0 bridgehead atoms. The molecule has 0 radical (unpaired) electrons. The van der Waals surface area contributed by atoms with Crippen molar-refractivity contribution in [2.45, 2.75) is 51.5 Å². The fourth-order valence-corrected chi connectivity index (χ4v) is 4.06. The van der Waals surface area contributed by atoms with Crippen LogP contribution < -0.4 is 10.3 Å². The molecule has 2 aliphatic rings. The molecule has 0 spiro atoms. The number of aliphatic imine (C=N–C) groups is 1. The predicted octanol–water partition coefficient (Wildman–Crippen LogP) is 2.86. The Kier molecular flexibility index (Phi) is 5.79.